The molecule has 2 aromatic rings. The van der Waals surface area contributed by atoms with Crippen LogP contribution in [0.3, 0.4) is 0 Å². The van der Waals surface area contributed by atoms with Crippen molar-refractivity contribution in [2.24, 2.45) is 0 Å². The molecule has 0 saturated heterocycles. The van der Waals surface area contributed by atoms with Gasteiger partial charge in [0.15, 0.2) is 0 Å². The molecule has 2 rings (SSSR count). The minimum atomic E-state index is 0.815. The van der Waals surface area contributed by atoms with E-state index in [1.165, 1.54) is 11.1 Å². The highest BCUT2D eigenvalue weighted by molar-refractivity contribution is 5.40. The normalized spacial score (nSPS) is 10.7. The van der Waals surface area contributed by atoms with Gasteiger partial charge in [0, 0.05) is 18.8 Å². The largest absolute Gasteiger partial charge is 0.497 e. The van der Waals surface area contributed by atoms with Crippen LogP contribution in [0, 0.1) is 0 Å². The molecular weight excluding hydrogens is 236 g/mol. The molecule has 0 aliphatic carbocycles. The van der Waals surface area contributed by atoms with Gasteiger partial charge >= 0.3 is 0 Å². The van der Waals surface area contributed by atoms with Crippen LogP contribution >= 0.6 is 0 Å². The highest BCUT2D eigenvalue weighted by Crippen LogP contribution is 2.14. The van der Waals surface area contributed by atoms with Gasteiger partial charge in [0.1, 0.15) is 5.75 Å². The highest BCUT2D eigenvalue weighted by atomic mass is 16.5. The fourth-order valence-electron chi connectivity index (χ4n) is 2.10. The first kappa shape index (κ1) is 13.4. The minimum absolute atomic E-state index is 0.815. The standard InChI is InChI=1S/C16H20N2O/c1-18(12-14-4-3-5-15(17)10-14)11-13-6-8-16(19-2)9-7-13/h3-10H,11-12,17H2,1-2H3. The number of nitrogens with two attached hydrogens (primary N) is 1. The van der Waals surface area contributed by atoms with E-state index in [2.05, 4.69) is 30.1 Å². The lowest BCUT2D eigenvalue weighted by atomic mass is 10.1. The summed E-state index contributed by atoms with van der Waals surface area (Å²) in [6, 6.07) is 16.2. The number of benzene rings is 2. The number of methoxy groups -OCH3 is 1. The third-order valence-electron chi connectivity index (χ3n) is 3.02. The summed E-state index contributed by atoms with van der Waals surface area (Å²) in [5, 5.41) is 0. The van der Waals surface area contributed by atoms with E-state index >= 15 is 0 Å². The van der Waals surface area contributed by atoms with E-state index < -0.39 is 0 Å². The Morgan fingerprint density at radius 1 is 1.00 bits per heavy atom. The molecule has 3 heteroatoms. The van der Waals surface area contributed by atoms with Crippen LogP contribution in [0.25, 0.3) is 0 Å². The van der Waals surface area contributed by atoms with Crippen LogP contribution in [0.1, 0.15) is 11.1 Å². The molecule has 2 N–H and O–H groups in total. The molecule has 0 aliphatic rings. The van der Waals surface area contributed by atoms with Gasteiger partial charge in [-0.3, -0.25) is 4.90 Å². The van der Waals surface area contributed by atoms with Gasteiger partial charge in [0.2, 0.25) is 0 Å². The van der Waals surface area contributed by atoms with E-state index in [1.54, 1.807) is 7.11 Å². The monoisotopic (exact) mass is 256 g/mol. The first-order chi connectivity index (χ1) is 9.17. The number of hydrogen-bond donors (Lipinski definition) is 1. The van der Waals surface area contributed by atoms with Crippen molar-refractivity contribution in [1.82, 2.24) is 4.90 Å². The first-order valence-corrected chi connectivity index (χ1v) is 6.33. The molecule has 3 nitrogen and oxygen atoms in total. The van der Waals surface area contributed by atoms with Crippen molar-refractivity contribution in [3.63, 3.8) is 0 Å². The Morgan fingerprint density at radius 2 is 1.68 bits per heavy atom. The van der Waals surface area contributed by atoms with Crippen LogP contribution in [0.2, 0.25) is 0 Å². The Balaban J connectivity index is 1.95. The van der Waals surface area contributed by atoms with Crippen molar-refractivity contribution in [2.75, 3.05) is 19.9 Å². The zero-order valence-corrected chi connectivity index (χ0v) is 11.5. The molecule has 2 aromatic carbocycles. The molecule has 19 heavy (non-hydrogen) atoms. The first-order valence-electron chi connectivity index (χ1n) is 6.33. The fourth-order valence-corrected chi connectivity index (χ4v) is 2.10. The number of nitrogens with zero attached hydrogens (tertiary/aromatic N) is 1. The molecule has 0 atom stereocenters. The Hall–Kier alpha value is -2.00. The molecular formula is C16H20N2O. The fraction of sp³-hybridized carbons (Fsp3) is 0.250. The van der Waals surface area contributed by atoms with Crippen LogP contribution in [-0.4, -0.2) is 19.1 Å². The molecule has 0 aliphatic heterocycles. The lowest BCUT2D eigenvalue weighted by Gasteiger charge is -2.17. The second kappa shape index (κ2) is 6.25. The van der Waals surface area contributed by atoms with Gasteiger partial charge in [-0.2, -0.15) is 0 Å². The van der Waals surface area contributed by atoms with Gasteiger partial charge in [-0.25, -0.2) is 0 Å². The van der Waals surface area contributed by atoms with E-state index in [1.807, 2.05) is 30.3 Å². The Morgan fingerprint density at radius 3 is 2.32 bits per heavy atom. The van der Waals surface area contributed by atoms with Crippen molar-refractivity contribution in [2.45, 2.75) is 13.1 Å². The summed E-state index contributed by atoms with van der Waals surface area (Å²) in [6.07, 6.45) is 0. The number of hydrogen-bond acceptors (Lipinski definition) is 3. The molecule has 0 spiro atoms. The maximum absolute atomic E-state index is 5.79. The third-order valence-corrected chi connectivity index (χ3v) is 3.02. The molecule has 0 radical (unpaired) electrons. The van der Waals surface area contributed by atoms with E-state index in [-0.39, 0.29) is 0 Å². The van der Waals surface area contributed by atoms with E-state index in [0.29, 0.717) is 0 Å². The van der Waals surface area contributed by atoms with Crippen molar-refractivity contribution < 1.29 is 4.74 Å². The summed E-state index contributed by atoms with van der Waals surface area (Å²) in [5.41, 5.74) is 9.10. The molecule has 0 unspecified atom stereocenters. The van der Waals surface area contributed by atoms with Crippen molar-refractivity contribution in [1.29, 1.82) is 0 Å². The van der Waals surface area contributed by atoms with Crippen molar-refractivity contribution in [3.05, 3.63) is 59.7 Å². The lowest BCUT2D eigenvalue weighted by Crippen LogP contribution is -2.17. The average Bonchev–Trinajstić information content (AvgIpc) is 2.39. The van der Waals surface area contributed by atoms with Crippen LogP contribution in [0.4, 0.5) is 5.69 Å². The predicted octanol–water partition coefficient (Wildman–Crippen LogP) is 2.91. The second-order valence-corrected chi connectivity index (χ2v) is 4.77. The predicted molar refractivity (Wildman–Crippen MR) is 79.0 cm³/mol. The smallest absolute Gasteiger partial charge is 0.118 e. The van der Waals surface area contributed by atoms with Gasteiger partial charge in [0.25, 0.3) is 0 Å². The summed E-state index contributed by atoms with van der Waals surface area (Å²) in [4.78, 5) is 2.26. The third kappa shape index (κ3) is 4.00. The number of anilines is 1. The van der Waals surface area contributed by atoms with Crippen LogP contribution in [-0.2, 0) is 13.1 Å². The van der Waals surface area contributed by atoms with Gasteiger partial charge in [-0.15, -0.1) is 0 Å². The molecule has 0 heterocycles. The summed E-state index contributed by atoms with van der Waals surface area (Å²) in [5.74, 6) is 0.891. The van der Waals surface area contributed by atoms with Crippen LogP contribution in [0.15, 0.2) is 48.5 Å². The molecule has 0 aromatic heterocycles. The van der Waals surface area contributed by atoms with E-state index in [4.69, 9.17) is 10.5 Å². The second-order valence-electron chi connectivity index (χ2n) is 4.77. The SMILES string of the molecule is COc1ccc(CN(C)Cc2cccc(N)c2)cc1. The van der Waals surface area contributed by atoms with E-state index in [9.17, 15) is 0 Å². The summed E-state index contributed by atoms with van der Waals surface area (Å²) < 4.78 is 5.16. The number of rotatable bonds is 5. The number of nitrogen functional groups attached to an aromatic ring is 1. The molecule has 0 fully saturated rings. The Labute approximate surface area is 114 Å². The van der Waals surface area contributed by atoms with Gasteiger partial charge in [-0.1, -0.05) is 24.3 Å². The average molecular weight is 256 g/mol. The zero-order chi connectivity index (χ0) is 13.7. The number of ether oxygens (including phenoxy) is 1. The quantitative estimate of drug-likeness (QED) is 0.836. The lowest BCUT2D eigenvalue weighted by molar-refractivity contribution is 0.319. The van der Waals surface area contributed by atoms with Gasteiger partial charge in [-0.05, 0) is 42.4 Å². The van der Waals surface area contributed by atoms with Crippen LogP contribution in [0.5, 0.6) is 5.75 Å². The van der Waals surface area contributed by atoms with Gasteiger partial charge < -0.3 is 10.5 Å². The molecule has 0 bridgehead atoms. The maximum Gasteiger partial charge on any atom is 0.118 e. The van der Waals surface area contributed by atoms with Gasteiger partial charge in [0.05, 0.1) is 7.11 Å². The Bertz CT molecular complexity index is 523. The molecule has 100 valence electrons. The topological polar surface area (TPSA) is 38.5 Å². The Kier molecular flexibility index (Phi) is 4.42. The summed E-state index contributed by atoms with van der Waals surface area (Å²) in [6.45, 7) is 1.79. The van der Waals surface area contributed by atoms with Crippen molar-refractivity contribution in [3.8, 4) is 5.75 Å². The maximum atomic E-state index is 5.79. The summed E-state index contributed by atoms with van der Waals surface area (Å²) in [7, 11) is 3.79. The van der Waals surface area contributed by atoms with Crippen LogP contribution < -0.4 is 10.5 Å². The molecule has 0 amide bonds. The highest BCUT2D eigenvalue weighted by Gasteiger charge is 2.02. The van der Waals surface area contributed by atoms with E-state index in [0.717, 1.165) is 24.5 Å². The molecule has 0 saturated carbocycles. The zero-order valence-electron chi connectivity index (χ0n) is 11.5. The minimum Gasteiger partial charge on any atom is -0.497 e. The summed E-state index contributed by atoms with van der Waals surface area (Å²) >= 11 is 0. The van der Waals surface area contributed by atoms with Crippen molar-refractivity contribution >= 4 is 5.69 Å².